The summed E-state index contributed by atoms with van der Waals surface area (Å²) in [6.45, 7) is 0. The second-order valence-electron chi connectivity index (χ2n) is 9.99. The minimum Gasteiger partial charge on any atom is -0.508 e. The Bertz CT molecular complexity index is 1740. The van der Waals surface area contributed by atoms with E-state index in [0.717, 1.165) is 11.1 Å². The van der Waals surface area contributed by atoms with Crippen molar-refractivity contribution in [2.45, 2.75) is 22.6 Å². The maximum absolute atomic E-state index is 13.5. The van der Waals surface area contributed by atoms with Crippen molar-refractivity contribution in [3.05, 3.63) is 57.6 Å². The number of aryl methyl sites for hydroxylation is 1. The summed E-state index contributed by atoms with van der Waals surface area (Å²) in [6, 6.07) is 2.09. The average molecular weight is 658 g/mol. The lowest BCUT2D eigenvalue weighted by atomic mass is 10.0. The van der Waals surface area contributed by atoms with Gasteiger partial charge in [0.05, 0.1) is 6.20 Å². The SMILES string of the molecule is CN(C)c1ncc(NC(=O)N[C@@H](C(=O)NC2C(=O)N3C(C(=O)O)=C(CSc4nnnn4C)CS[C@H]23)c2ccc(O)cc2)c(=O)[nH]1. The predicted octanol–water partition coefficient (Wildman–Crippen LogP) is -0.541. The highest BCUT2D eigenvalue weighted by Gasteiger charge is 2.54. The summed E-state index contributed by atoms with van der Waals surface area (Å²) in [7, 11) is 5.00. The molecular formula is C25H27N11O7S2. The van der Waals surface area contributed by atoms with Crippen LogP contribution in [0.15, 0.2) is 51.7 Å². The Morgan fingerprint density at radius 3 is 2.58 bits per heavy atom. The third-order valence-electron chi connectivity index (χ3n) is 6.73. The first-order chi connectivity index (χ1) is 21.4. The van der Waals surface area contributed by atoms with Gasteiger partial charge in [0.1, 0.15) is 34.6 Å². The number of carboxylic acid groups (broad SMARTS) is 1. The number of carbonyl (C=O) groups is 4. The number of aliphatic carboxylic acids is 1. The van der Waals surface area contributed by atoms with Crippen LogP contribution in [0.25, 0.3) is 0 Å². The first-order valence-electron chi connectivity index (χ1n) is 13.1. The van der Waals surface area contributed by atoms with Gasteiger partial charge >= 0.3 is 12.0 Å². The Morgan fingerprint density at radius 1 is 1.22 bits per heavy atom. The highest BCUT2D eigenvalue weighted by molar-refractivity contribution is 8.01. The summed E-state index contributed by atoms with van der Waals surface area (Å²) in [5, 5.41) is 38.1. The van der Waals surface area contributed by atoms with Gasteiger partial charge in [0, 0.05) is 32.6 Å². The molecule has 3 aromatic rings. The van der Waals surface area contributed by atoms with Crippen LogP contribution < -0.4 is 26.4 Å². The summed E-state index contributed by atoms with van der Waals surface area (Å²) < 4.78 is 1.44. The maximum Gasteiger partial charge on any atom is 0.352 e. The number of nitrogens with one attached hydrogen (secondary N) is 4. The first kappa shape index (κ1) is 31.3. The number of hydrogen-bond donors (Lipinski definition) is 6. The lowest BCUT2D eigenvalue weighted by Gasteiger charge is -2.49. The molecule has 2 aromatic heterocycles. The zero-order valence-corrected chi connectivity index (χ0v) is 25.5. The van der Waals surface area contributed by atoms with Crippen LogP contribution in [-0.2, 0) is 21.4 Å². The molecule has 0 saturated carbocycles. The zero-order valence-electron chi connectivity index (χ0n) is 23.9. The molecule has 1 fully saturated rings. The smallest absolute Gasteiger partial charge is 0.352 e. The summed E-state index contributed by atoms with van der Waals surface area (Å²) in [5.74, 6) is -2.00. The van der Waals surface area contributed by atoms with Gasteiger partial charge in [-0.2, -0.15) is 0 Å². The monoisotopic (exact) mass is 657 g/mol. The van der Waals surface area contributed by atoms with E-state index >= 15 is 0 Å². The molecule has 0 bridgehead atoms. The van der Waals surface area contributed by atoms with Gasteiger partial charge in [0.25, 0.3) is 11.5 Å². The van der Waals surface area contributed by atoms with E-state index in [2.05, 4.69) is 41.4 Å². The van der Waals surface area contributed by atoms with E-state index in [1.54, 1.807) is 26.0 Å². The van der Waals surface area contributed by atoms with E-state index in [-0.39, 0.29) is 40.2 Å². The van der Waals surface area contributed by atoms with Gasteiger partial charge in [0.2, 0.25) is 17.0 Å². The third kappa shape index (κ3) is 6.55. The molecule has 45 heavy (non-hydrogen) atoms. The van der Waals surface area contributed by atoms with E-state index in [1.807, 2.05) is 0 Å². The van der Waals surface area contributed by atoms with Crippen LogP contribution >= 0.6 is 23.5 Å². The largest absolute Gasteiger partial charge is 0.508 e. The normalized spacial score (nSPS) is 18.0. The van der Waals surface area contributed by atoms with Crippen LogP contribution in [0.3, 0.4) is 0 Å². The van der Waals surface area contributed by atoms with Crippen LogP contribution in [0.2, 0.25) is 0 Å². The molecule has 0 radical (unpaired) electrons. The maximum atomic E-state index is 13.5. The summed E-state index contributed by atoms with van der Waals surface area (Å²) in [5.41, 5.74) is -0.207. The number of hydrogen-bond acceptors (Lipinski definition) is 13. The number of benzene rings is 1. The number of anilines is 2. The number of thioether (sulfide) groups is 2. The number of urea groups is 1. The van der Waals surface area contributed by atoms with E-state index in [0.29, 0.717) is 10.7 Å². The zero-order chi connectivity index (χ0) is 32.4. The van der Waals surface area contributed by atoms with Crippen LogP contribution in [0.4, 0.5) is 16.4 Å². The number of aromatic hydroxyl groups is 1. The van der Waals surface area contributed by atoms with Gasteiger partial charge < -0.3 is 31.1 Å². The van der Waals surface area contributed by atoms with Crippen LogP contribution in [0.1, 0.15) is 11.6 Å². The molecule has 5 rings (SSSR count). The van der Waals surface area contributed by atoms with Crippen molar-refractivity contribution in [1.82, 2.24) is 45.7 Å². The molecule has 6 N–H and O–H groups in total. The Hall–Kier alpha value is -5.11. The van der Waals surface area contributed by atoms with Crippen molar-refractivity contribution in [3.8, 4) is 5.75 Å². The lowest BCUT2D eigenvalue weighted by Crippen LogP contribution is -2.71. The molecule has 1 aromatic carbocycles. The van der Waals surface area contributed by atoms with Gasteiger partial charge in [-0.3, -0.25) is 24.3 Å². The molecule has 0 aliphatic carbocycles. The van der Waals surface area contributed by atoms with Gasteiger partial charge in [-0.15, -0.1) is 16.9 Å². The van der Waals surface area contributed by atoms with Gasteiger partial charge in [-0.05, 0) is 33.7 Å². The third-order valence-corrected chi connectivity index (χ3v) is 9.16. The number of tetrazole rings is 1. The van der Waals surface area contributed by atoms with Gasteiger partial charge in [-0.1, -0.05) is 23.9 Å². The lowest BCUT2D eigenvalue weighted by molar-refractivity contribution is -0.150. The number of amides is 4. The minimum absolute atomic E-state index is 0.0817. The number of carboxylic acids is 1. The van der Waals surface area contributed by atoms with Crippen molar-refractivity contribution >= 4 is 59.0 Å². The first-order valence-corrected chi connectivity index (χ1v) is 15.2. The number of carbonyl (C=O) groups excluding carboxylic acids is 3. The highest BCUT2D eigenvalue weighted by Crippen LogP contribution is 2.41. The Labute approximate surface area is 262 Å². The molecule has 4 amide bonds. The molecule has 3 atom stereocenters. The number of aromatic amines is 1. The number of fused-ring (bicyclic) bond motifs is 1. The van der Waals surface area contributed by atoms with Crippen LogP contribution in [0, 0.1) is 0 Å². The molecule has 1 saturated heterocycles. The Morgan fingerprint density at radius 2 is 1.96 bits per heavy atom. The fourth-order valence-electron chi connectivity index (χ4n) is 4.48. The highest BCUT2D eigenvalue weighted by atomic mass is 32.2. The number of β-lactam (4-membered cyclic amide) rings is 1. The Balaban J connectivity index is 1.31. The molecule has 2 aliphatic heterocycles. The van der Waals surface area contributed by atoms with Gasteiger partial charge in [0.15, 0.2) is 0 Å². The van der Waals surface area contributed by atoms with E-state index in [9.17, 15) is 34.2 Å². The quantitative estimate of drug-likeness (QED) is 0.119. The van der Waals surface area contributed by atoms with Crippen molar-refractivity contribution in [1.29, 1.82) is 0 Å². The molecule has 0 spiro atoms. The Kier molecular flexibility index (Phi) is 8.95. The molecule has 18 nitrogen and oxygen atoms in total. The van der Waals surface area contributed by atoms with E-state index in [4.69, 9.17) is 0 Å². The number of rotatable bonds is 10. The van der Waals surface area contributed by atoms with Crippen molar-refractivity contribution in [3.63, 3.8) is 0 Å². The second-order valence-corrected chi connectivity index (χ2v) is 12.0. The fourth-order valence-corrected chi connectivity index (χ4v) is 6.82. The summed E-state index contributed by atoms with van der Waals surface area (Å²) >= 11 is 2.51. The van der Waals surface area contributed by atoms with Crippen molar-refractivity contribution < 1.29 is 29.4 Å². The molecule has 4 heterocycles. The van der Waals surface area contributed by atoms with Crippen LogP contribution in [-0.4, -0.2) is 106 Å². The fraction of sp³-hybridized carbons (Fsp3) is 0.320. The van der Waals surface area contributed by atoms with Gasteiger partial charge in [-0.25, -0.2) is 19.3 Å². The van der Waals surface area contributed by atoms with E-state index < -0.39 is 46.8 Å². The predicted molar refractivity (Wildman–Crippen MR) is 161 cm³/mol. The summed E-state index contributed by atoms with van der Waals surface area (Å²) in [4.78, 5) is 73.6. The molecule has 2 aliphatic rings. The molecular weight excluding hydrogens is 630 g/mol. The van der Waals surface area contributed by atoms with Crippen molar-refractivity contribution in [2.75, 3.05) is 35.8 Å². The number of nitrogens with zero attached hydrogens (tertiary/aromatic N) is 7. The number of aromatic nitrogens is 6. The van der Waals surface area contributed by atoms with Crippen molar-refractivity contribution in [2.24, 2.45) is 7.05 Å². The average Bonchev–Trinajstić information content (AvgIpc) is 3.42. The molecule has 1 unspecified atom stereocenters. The molecule has 20 heteroatoms. The minimum atomic E-state index is -1.37. The second kappa shape index (κ2) is 12.9. The topological polar surface area (TPSA) is 241 Å². The number of H-pyrrole nitrogens is 1. The summed E-state index contributed by atoms with van der Waals surface area (Å²) in [6.07, 6.45) is 1.16. The number of phenolic OH excluding ortho intramolecular Hbond substituents is 1. The van der Waals surface area contributed by atoms with E-state index in [1.165, 1.54) is 52.5 Å². The standard InChI is InChI=1S/C25H27N11O7S2/c1-34(2)23-26-8-14(18(38)30-23)27-24(43)29-15(11-4-6-13(37)7-5-11)19(39)28-16-20(40)36-17(22(41)42)12(9-44-21(16)36)10-45-25-31-32-33-35(25)3/h4-8,15-16,21,37H,9-10H2,1-3H3,(H,28,39)(H,41,42)(H,26,30,38)(H2,27,29,43)/t15-,16?,21-/m1/s1. The number of phenols is 1. The van der Waals surface area contributed by atoms with Crippen LogP contribution in [0.5, 0.6) is 5.75 Å². The molecule has 236 valence electrons.